The fraction of sp³-hybridized carbons (Fsp3) is 0.222. The molecule has 1 aromatic carbocycles. The van der Waals surface area contributed by atoms with Crippen LogP contribution in [0, 0.1) is 0 Å². The van der Waals surface area contributed by atoms with Gasteiger partial charge in [0, 0.05) is 0 Å². The molecule has 0 saturated heterocycles. The third-order valence-electron chi connectivity index (χ3n) is 1.88. The van der Waals surface area contributed by atoms with Gasteiger partial charge in [-0.05, 0) is 0 Å². The monoisotopic (exact) mass is 242 g/mol. The number of aromatic nitrogens is 1. The van der Waals surface area contributed by atoms with Crippen LogP contribution in [0.4, 0.5) is 0 Å². The summed E-state index contributed by atoms with van der Waals surface area (Å²) in [5, 5.41) is 0.857. The second kappa shape index (κ2) is 3.50. The molecule has 0 aliphatic heterocycles. The van der Waals surface area contributed by atoms with Crippen molar-refractivity contribution in [1.82, 2.24) is 3.56 Å². The van der Waals surface area contributed by atoms with Gasteiger partial charge in [-0.3, -0.25) is 0 Å². The molecule has 0 fully saturated rings. The Morgan fingerprint density at radius 1 is 1.38 bits per heavy atom. The van der Waals surface area contributed by atoms with Crippen LogP contribution >= 0.6 is 0 Å². The number of nitrogens with two attached hydrogens (primary N) is 1. The number of hydrogen-bond donors (Lipinski definition) is 1. The molecule has 0 bridgehead atoms. The van der Waals surface area contributed by atoms with E-state index in [1.54, 1.807) is 0 Å². The Morgan fingerprint density at radius 3 is 2.85 bits per heavy atom. The van der Waals surface area contributed by atoms with E-state index >= 15 is 0 Å². The van der Waals surface area contributed by atoms with E-state index in [9.17, 15) is 4.79 Å². The Bertz CT molecular complexity index is 472. The Labute approximate surface area is 81.8 Å². The van der Waals surface area contributed by atoms with Crippen LogP contribution in [0.15, 0.2) is 29.1 Å². The normalized spacial score (nSPS) is 10.8. The first-order chi connectivity index (χ1) is 6.33. The van der Waals surface area contributed by atoms with Crippen LogP contribution in [0.1, 0.15) is 0 Å². The van der Waals surface area contributed by atoms with Crippen LogP contribution in [0.3, 0.4) is 0 Å². The summed E-state index contributed by atoms with van der Waals surface area (Å²) >= 11 is 0.146. The van der Waals surface area contributed by atoms with Crippen LogP contribution in [0.2, 0.25) is 0 Å². The predicted octanol–water partition coefficient (Wildman–Crippen LogP) is 0.0172. The third kappa shape index (κ3) is 1.48. The van der Waals surface area contributed by atoms with Crippen molar-refractivity contribution in [1.29, 1.82) is 0 Å². The van der Waals surface area contributed by atoms with E-state index in [2.05, 4.69) is 0 Å². The van der Waals surface area contributed by atoms with E-state index in [0.29, 0.717) is 13.1 Å². The van der Waals surface area contributed by atoms with Gasteiger partial charge in [-0.2, -0.15) is 0 Å². The van der Waals surface area contributed by atoms with Gasteiger partial charge in [-0.25, -0.2) is 0 Å². The molecule has 68 valence electrons. The van der Waals surface area contributed by atoms with Crippen LogP contribution in [0.25, 0.3) is 9.65 Å². The summed E-state index contributed by atoms with van der Waals surface area (Å²) in [6.45, 7) is 1.22. The second-order valence-corrected chi connectivity index (χ2v) is 5.01. The van der Waals surface area contributed by atoms with Gasteiger partial charge < -0.3 is 0 Å². The Hall–Kier alpha value is -0.831. The number of nitrogens with zero attached hydrogens (tertiary/aromatic N) is 1. The van der Waals surface area contributed by atoms with E-state index in [0.717, 1.165) is 5.39 Å². The summed E-state index contributed by atoms with van der Waals surface area (Å²) in [4.78, 5) is 11.7. The molecule has 0 atom stereocenters. The van der Waals surface area contributed by atoms with Gasteiger partial charge >= 0.3 is 81.4 Å². The summed E-state index contributed by atoms with van der Waals surface area (Å²) in [6.07, 6.45) is 0. The van der Waals surface area contributed by atoms with E-state index in [-0.39, 0.29) is 20.3 Å². The molecule has 13 heavy (non-hydrogen) atoms. The fourth-order valence-electron chi connectivity index (χ4n) is 1.28. The molecule has 0 aliphatic carbocycles. The maximum atomic E-state index is 11.7. The van der Waals surface area contributed by atoms with Crippen molar-refractivity contribution in [2.75, 3.05) is 6.54 Å². The van der Waals surface area contributed by atoms with Crippen LogP contribution in [-0.4, -0.2) is 24.8 Å². The number of fused-ring (bicyclic) bond motifs is 1. The average molecular weight is 241 g/mol. The quantitative estimate of drug-likeness (QED) is 0.753. The first-order valence-corrected chi connectivity index (χ1v) is 5.74. The molecule has 0 unspecified atom stereocenters. The molecule has 0 radical (unpaired) electrons. The van der Waals surface area contributed by atoms with Crippen LogP contribution < -0.4 is 11.3 Å². The van der Waals surface area contributed by atoms with Gasteiger partial charge in [0.25, 0.3) is 0 Å². The molecular formula is C9H10N2OSe. The second-order valence-electron chi connectivity index (χ2n) is 2.78. The fourth-order valence-corrected chi connectivity index (χ4v) is 3.40. The van der Waals surface area contributed by atoms with Gasteiger partial charge in [-0.1, -0.05) is 0 Å². The minimum atomic E-state index is 0.140. The summed E-state index contributed by atoms with van der Waals surface area (Å²) in [6, 6.07) is 7.78. The molecule has 0 saturated carbocycles. The van der Waals surface area contributed by atoms with Crippen LogP contribution in [-0.2, 0) is 6.54 Å². The Balaban J connectivity index is 2.67. The summed E-state index contributed by atoms with van der Waals surface area (Å²) in [5.74, 6) is 0. The van der Waals surface area contributed by atoms with Crippen molar-refractivity contribution in [2.24, 2.45) is 5.73 Å². The molecule has 0 amide bonds. The van der Waals surface area contributed by atoms with Gasteiger partial charge in [0.2, 0.25) is 0 Å². The topological polar surface area (TPSA) is 48.0 Å². The van der Waals surface area contributed by atoms with Gasteiger partial charge in [0.15, 0.2) is 0 Å². The van der Waals surface area contributed by atoms with Gasteiger partial charge in [-0.15, -0.1) is 0 Å². The molecule has 2 rings (SSSR count). The number of rotatable bonds is 2. The van der Waals surface area contributed by atoms with Gasteiger partial charge in [0.05, 0.1) is 0 Å². The van der Waals surface area contributed by atoms with Crippen LogP contribution in [0.5, 0.6) is 0 Å². The summed E-state index contributed by atoms with van der Waals surface area (Å²) in [7, 11) is 0. The Kier molecular flexibility index (Phi) is 2.36. The molecule has 3 nitrogen and oxygen atoms in total. The molecule has 2 aromatic rings. The molecule has 1 heterocycles. The molecule has 4 heteroatoms. The maximum absolute atomic E-state index is 11.7. The average Bonchev–Trinajstić information content (AvgIpc) is 2.46. The molecular weight excluding hydrogens is 231 g/mol. The number of hydrogen-bond acceptors (Lipinski definition) is 2. The van der Waals surface area contributed by atoms with E-state index in [4.69, 9.17) is 5.73 Å². The number of benzene rings is 1. The van der Waals surface area contributed by atoms with Crippen molar-refractivity contribution in [3.8, 4) is 0 Å². The van der Waals surface area contributed by atoms with Crippen molar-refractivity contribution < 1.29 is 0 Å². The predicted molar refractivity (Wildman–Crippen MR) is 54.2 cm³/mol. The molecule has 0 aliphatic rings. The first-order valence-electron chi connectivity index (χ1n) is 4.12. The summed E-state index contributed by atoms with van der Waals surface area (Å²) < 4.78 is 3.02. The molecule has 1 aromatic heterocycles. The Morgan fingerprint density at radius 2 is 2.15 bits per heavy atom. The molecule has 2 N–H and O–H groups in total. The molecule has 0 spiro atoms. The summed E-state index contributed by atoms with van der Waals surface area (Å²) in [5.41, 5.74) is 5.56. The van der Waals surface area contributed by atoms with Crippen molar-refractivity contribution in [2.45, 2.75) is 6.54 Å². The van der Waals surface area contributed by atoms with Crippen molar-refractivity contribution in [3.63, 3.8) is 0 Å². The zero-order valence-corrected chi connectivity index (χ0v) is 8.78. The SMILES string of the molecule is NCCn1[se]c2ccccc2c1=O. The standard InChI is InChI=1S/C9H10N2OSe/c10-5-6-11-9(12)7-3-1-2-4-8(7)13-11/h1-4H,5-6,10H2. The minimum absolute atomic E-state index is 0.140. The third-order valence-corrected chi connectivity index (χ3v) is 4.24. The van der Waals surface area contributed by atoms with Gasteiger partial charge in [0.1, 0.15) is 0 Å². The van der Waals surface area contributed by atoms with Crippen molar-refractivity contribution >= 4 is 24.4 Å². The van der Waals surface area contributed by atoms with Crippen molar-refractivity contribution in [3.05, 3.63) is 34.6 Å². The zero-order valence-electron chi connectivity index (χ0n) is 7.06. The zero-order chi connectivity index (χ0) is 9.26. The van der Waals surface area contributed by atoms with E-state index < -0.39 is 0 Å². The van der Waals surface area contributed by atoms with E-state index in [1.807, 2.05) is 27.8 Å². The first kappa shape index (κ1) is 8.75. The van der Waals surface area contributed by atoms with E-state index in [1.165, 1.54) is 4.26 Å².